The molecule has 2 amide bonds. The molecule has 112 valence electrons. The van der Waals surface area contributed by atoms with E-state index in [1.165, 1.54) is 13.3 Å². The van der Waals surface area contributed by atoms with Crippen molar-refractivity contribution >= 4 is 17.8 Å². The van der Waals surface area contributed by atoms with Crippen LogP contribution in [-0.2, 0) is 4.74 Å². The van der Waals surface area contributed by atoms with Crippen molar-refractivity contribution < 1.29 is 14.3 Å². The molecule has 0 aromatic carbocycles. The van der Waals surface area contributed by atoms with Crippen LogP contribution in [0.1, 0.15) is 10.4 Å². The molecule has 1 unspecified atom stereocenters. The Bertz CT molecular complexity index is 546. The van der Waals surface area contributed by atoms with E-state index >= 15 is 0 Å². The number of likely N-dealkylation sites (tertiary alicyclic amines) is 2. The van der Waals surface area contributed by atoms with Crippen molar-refractivity contribution in [3.63, 3.8) is 0 Å². The summed E-state index contributed by atoms with van der Waals surface area (Å²) in [6.45, 7) is 2.64. The molecule has 2 N–H and O–H groups in total. The van der Waals surface area contributed by atoms with Gasteiger partial charge in [0.05, 0.1) is 12.7 Å². The van der Waals surface area contributed by atoms with Crippen LogP contribution >= 0.6 is 0 Å². The van der Waals surface area contributed by atoms with Gasteiger partial charge in [-0.25, -0.2) is 9.78 Å². The molecule has 1 aromatic rings. The van der Waals surface area contributed by atoms with E-state index in [1.54, 1.807) is 17.0 Å². The third-order valence-electron chi connectivity index (χ3n) is 4.24. The Morgan fingerprint density at radius 3 is 2.33 bits per heavy atom. The summed E-state index contributed by atoms with van der Waals surface area (Å²) in [6.07, 6.45) is 1.22. The molecule has 7 heteroatoms. The van der Waals surface area contributed by atoms with Crippen molar-refractivity contribution in [1.82, 2.24) is 14.8 Å². The molecule has 2 saturated heterocycles. The maximum atomic E-state index is 12.4. The quantitative estimate of drug-likeness (QED) is 0.810. The van der Waals surface area contributed by atoms with Crippen molar-refractivity contribution in [2.45, 2.75) is 0 Å². The molecule has 0 radical (unpaired) electrons. The lowest BCUT2D eigenvalue weighted by atomic mass is 10.0. The van der Waals surface area contributed by atoms with Gasteiger partial charge < -0.3 is 20.3 Å². The monoisotopic (exact) mass is 290 g/mol. The molecular formula is C14H18N4O3. The molecule has 1 aromatic heterocycles. The SMILES string of the molecule is COC(=O)N1CC2CN(C(=O)c3ccc(N)nc3)C[C@@H]2C1. The van der Waals surface area contributed by atoms with Crippen molar-refractivity contribution in [3.05, 3.63) is 23.9 Å². The summed E-state index contributed by atoms with van der Waals surface area (Å²) in [5.41, 5.74) is 6.08. The zero-order chi connectivity index (χ0) is 15.0. The Labute approximate surface area is 122 Å². The van der Waals surface area contributed by atoms with Gasteiger partial charge in [-0.1, -0.05) is 0 Å². The summed E-state index contributed by atoms with van der Waals surface area (Å²) in [4.78, 5) is 31.4. The molecule has 3 rings (SSSR count). The van der Waals surface area contributed by atoms with Crippen LogP contribution in [0.5, 0.6) is 0 Å². The van der Waals surface area contributed by atoms with Crippen LogP contribution in [0.4, 0.5) is 10.6 Å². The number of nitrogen functional groups attached to an aromatic ring is 1. The highest BCUT2D eigenvalue weighted by atomic mass is 16.5. The molecule has 21 heavy (non-hydrogen) atoms. The van der Waals surface area contributed by atoms with Crippen LogP contribution in [0.2, 0.25) is 0 Å². The second kappa shape index (κ2) is 5.23. The normalized spacial score (nSPS) is 24.0. The van der Waals surface area contributed by atoms with Crippen LogP contribution < -0.4 is 5.73 Å². The summed E-state index contributed by atoms with van der Waals surface area (Å²) >= 11 is 0. The average Bonchev–Trinajstić information content (AvgIpc) is 3.05. The van der Waals surface area contributed by atoms with E-state index in [2.05, 4.69) is 4.98 Å². The minimum absolute atomic E-state index is 0.0264. The third-order valence-corrected chi connectivity index (χ3v) is 4.24. The van der Waals surface area contributed by atoms with Crippen molar-refractivity contribution in [1.29, 1.82) is 0 Å². The van der Waals surface area contributed by atoms with Crippen LogP contribution in [-0.4, -0.2) is 60.1 Å². The van der Waals surface area contributed by atoms with Crippen LogP contribution in [0.3, 0.4) is 0 Å². The number of ether oxygens (including phenoxy) is 1. The van der Waals surface area contributed by atoms with Gasteiger partial charge in [0.1, 0.15) is 5.82 Å². The van der Waals surface area contributed by atoms with Gasteiger partial charge in [0.2, 0.25) is 0 Å². The van der Waals surface area contributed by atoms with Crippen molar-refractivity contribution in [2.75, 3.05) is 39.0 Å². The minimum atomic E-state index is -0.287. The number of hydrogen-bond acceptors (Lipinski definition) is 5. The number of methoxy groups -OCH3 is 1. The number of fused-ring (bicyclic) bond motifs is 1. The van der Waals surface area contributed by atoms with Crippen molar-refractivity contribution in [3.8, 4) is 0 Å². The Kier molecular flexibility index (Phi) is 3.40. The van der Waals surface area contributed by atoms with Gasteiger partial charge in [-0.05, 0) is 12.1 Å². The van der Waals surface area contributed by atoms with E-state index in [4.69, 9.17) is 10.5 Å². The molecule has 0 spiro atoms. The Balaban J connectivity index is 1.63. The highest BCUT2D eigenvalue weighted by Crippen LogP contribution is 2.32. The molecule has 7 nitrogen and oxygen atoms in total. The Morgan fingerprint density at radius 1 is 1.19 bits per heavy atom. The molecule has 0 bridgehead atoms. The molecule has 2 fully saturated rings. The predicted octanol–water partition coefficient (Wildman–Crippen LogP) is 0.434. The van der Waals surface area contributed by atoms with Gasteiger partial charge in [-0.2, -0.15) is 0 Å². The minimum Gasteiger partial charge on any atom is -0.453 e. The Hall–Kier alpha value is -2.31. The number of anilines is 1. The number of carbonyl (C=O) groups is 2. The average molecular weight is 290 g/mol. The number of nitrogens with zero attached hydrogens (tertiary/aromatic N) is 3. The standard InChI is InChI=1S/C14H18N4O3/c1-21-14(20)18-7-10-5-17(6-11(10)8-18)13(19)9-2-3-12(15)16-4-9/h2-4,10-11H,5-8H2,1H3,(H2,15,16)/t10-,11?/m1/s1. The molecule has 2 atom stereocenters. The van der Waals surface area contributed by atoms with Gasteiger partial charge in [0.25, 0.3) is 5.91 Å². The highest BCUT2D eigenvalue weighted by Gasteiger charge is 2.43. The lowest BCUT2D eigenvalue weighted by molar-refractivity contribution is 0.0771. The lowest BCUT2D eigenvalue weighted by Crippen LogP contribution is -2.35. The molecule has 0 saturated carbocycles. The Morgan fingerprint density at radius 2 is 1.81 bits per heavy atom. The highest BCUT2D eigenvalue weighted by molar-refractivity contribution is 5.94. The number of nitrogens with two attached hydrogens (primary N) is 1. The summed E-state index contributed by atoms with van der Waals surface area (Å²) in [7, 11) is 1.39. The molecule has 2 aliphatic rings. The number of amides is 2. The first-order valence-corrected chi connectivity index (χ1v) is 6.92. The number of pyridine rings is 1. The number of rotatable bonds is 1. The summed E-state index contributed by atoms with van der Waals surface area (Å²) < 4.78 is 4.74. The van der Waals surface area contributed by atoms with E-state index in [1.807, 2.05) is 4.90 Å². The zero-order valence-corrected chi connectivity index (χ0v) is 11.9. The first kappa shape index (κ1) is 13.7. The number of carbonyl (C=O) groups excluding carboxylic acids is 2. The van der Waals surface area contributed by atoms with Gasteiger partial charge in [0, 0.05) is 44.2 Å². The van der Waals surface area contributed by atoms with Gasteiger partial charge in [-0.3, -0.25) is 4.79 Å². The largest absolute Gasteiger partial charge is 0.453 e. The fourth-order valence-electron chi connectivity index (χ4n) is 3.15. The number of aromatic nitrogens is 1. The smallest absolute Gasteiger partial charge is 0.409 e. The summed E-state index contributed by atoms with van der Waals surface area (Å²) in [5.74, 6) is 1.03. The van der Waals surface area contributed by atoms with Crippen LogP contribution in [0.15, 0.2) is 18.3 Å². The topological polar surface area (TPSA) is 88.8 Å². The van der Waals surface area contributed by atoms with E-state index < -0.39 is 0 Å². The van der Waals surface area contributed by atoms with Gasteiger partial charge >= 0.3 is 6.09 Å². The first-order chi connectivity index (χ1) is 10.1. The van der Waals surface area contributed by atoms with Crippen molar-refractivity contribution in [2.24, 2.45) is 11.8 Å². The van der Waals surface area contributed by atoms with E-state index in [0.29, 0.717) is 49.4 Å². The van der Waals surface area contributed by atoms with E-state index in [-0.39, 0.29) is 12.0 Å². The maximum absolute atomic E-state index is 12.4. The second-order valence-corrected chi connectivity index (χ2v) is 5.58. The lowest BCUT2D eigenvalue weighted by Gasteiger charge is -2.21. The molecule has 0 aliphatic carbocycles. The predicted molar refractivity (Wildman–Crippen MR) is 75.5 cm³/mol. The van der Waals surface area contributed by atoms with Crippen LogP contribution in [0, 0.1) is 11.8 Å². The fraction of sp³-hybridized carbons (Fsp3) is 0.500. The van der Waals surface area contributed by atoms with Gasteiger partial charge in [0.15, 0.2) is 0 Å². The van der Waals surface area contributed by atoms with E-state index in [9.17, 15) is 9.59 Å². The van der Waals surface area contributed by atoms with Gasteiger partial charge in [-0.15, -0.1) is 0 Å². The molecule has 3 heterocycles. The zero-order valence-electron chi connectivity index (χ0n) is 11.9. The fourth-order valence-corrected chi connectivity index (χ4v) is 3.15. The molecule has 2 aliphatic heterocycles. The molecular weight excluding hydrogens is 272 g/mol. The second-order valence-electron chi connectivity index (χ2n) is 5.58. The number of hydrogen-bond donors (Lipinski definition) is 1. The summed E-state index contributed by atoms with van der Waals surface area (Å²) in [6, 6.07) is 3.32. The van der Waals surface area contributed by atoms with Crippen LogP contribution in [0.25, 0.3) is 0 Å². The summed E-state index contributed by atoms with van der Waals surface area (Å²) in [5, 5.41) is 0. The maximum Gasteiger partial charge on any atom is 0.409 e. The van der Waals surface area contributed by atoms with E-state index in [0.717, 1.165) is 0 Å². The first-order valence-electron chi connectivity index (χ1n) is 6.92. The third kappa shape index (κ3) is 2.51.